The molecule has 3 heterocycles. The first-order valence-electron chi connectivity index (χ1n) is 11.8. The van der Waals surface area contributed by atoms with Crippen LogP contribution >= 0.6 is 11.3 Å². The lowest BCUT2D eigenvalue weighted by molar-refractivity contribution is -0.125. The summed E-state index contributed by atoms with van der Waals surface area (Å²) in [7, 11) is 0. The molecule has 1 atom stereocenters. The number of carbonyl (C=O) groups excluding carboxylic acids is 2. The standard InChI is InChI=1S/C25H26FN5O5S/c26-16-9-10-20-19(14-16)27-21(37-20)15-31-13-5-7-18(24(31)34)28-23(33)17(29-25(35)36)6-1-2-8-22(32)30-11-3-4-12-30/h2,5,7-10,13-14,17,29H,1,3-4,6,11-12,15H2,(H,28,33)(H,35,36)/b8-2+/t17-/m0/s1. The summed E-state index contributed by atoms with van der Waals surface area (Å²) in [5.41, 5.74) is -0.0145. The average molecular weight is 528 g/mol. The van der Waals surface area contributed by atoms with Crippen LogP contribution in [0.1, 0.15) is 30.7 Å². The van der Waals surface area contributed by atoms with Gasteiger partial charge in [0.2, 0.25) is 11.8 Å². The molecule has 1 aromatic carbocycles. The molecule has 0 saturated carbocycles. The molecule has 4 rings (SSSR count). The number of benzene rings is 1. The van der Waals surface area contributed by atoms with Crippen LogP contribution in [-0.4, -0.2) is 56.6 Å². The van der Waals surface area contributed by atoms with Crippen LogP contribution in [0.2, 0.25) is 0 Å². The molecule has 1 aliphatic rings. The maximum atomic E-state index is 13.5. The SMILES string of the molecule is O=C(O)N[C@@H](CC/C=C/C(=O)N1CCCC1)C(=O)Nc1cccn(Cc2nc3cc(F)ccc3s2)c1=O. The van der Waals surface area contributed by atoms with Gasteiger partial charge in [-0.25, -0.2) is 14.2 Å². The van der Waals surface area contributed by atoms with Crippen LogP contribution in [0.5, 0.6) is 0 Å². The third-order valence-electron chi connectivity index (χ3n) is 5.89. The Hall–Kier alpha value is -4.06. The predicted octanol–water partition coefficient (Wildman–Crippen LogP) is 3.18. The van der Waals surface area contributed by atoms with Gasteiger partial charge in [-0.3, -0.25) is 14.4 Å². The predicted molar refractivity (Wildman–Crippen MR) is 137 cm³/mol. The monoisotopic (exact) mass is 527 g/mol. The third kappa shape index (κ3) is 6.79. The highest BCUT2D eigenvalue weighted by atomic mass is 32.1. The van der Waals surface area contributed by atoms with E-state index in [4.69, 9.17) is 5.11 Å². The lowest BCUT2D eigenvalue weighted by atomic mass is 10.1. The number of anilines is 1. The molecule has 0 unspecified atom stereocenters. The summed E-state index contributed by atoms with van der Waals surface area (Å²) in [6.45, 7) is 1.57. The summed E-state index contributed by atoms with van der Waals surface area (Å²) in [5, 5.41) is 14.4. The summed E-state index contributed by atoms with van der Waals surface area (Å²) in [4.78, 5) is 55.2. The molecule has 1 fully saturated rings. The number of nitrogens with zero attached hydrogens (tertiary/aromatic N) is 3. The number of halogens is 1. The molecule has 3 aromatic rings. The molecule has 0 spiro atoms. The summed E-state index contributed by atoms with van der Waals surface area (Å²) < 4.78 is 15.6. The third-order valence-corrected chi connectivity index (χ3v) is 6.91. The molecule has 2 aromatic heterocycles. The number of carbonyl (C=O) groups is 3. The largest absolute Gasteiger partial charge is 0.465 e. The van der Waals surface area contributed by atoms with Crippen molar-refractivity contribution in [3.8, 4) is 0 Å². The summed E-state index contributed by atoms with van der Waals surface area (Å²) in [6.07, 6.45) is 5.56. The Bertz CT molecular complexity index is 1400. The van der Waals surface area contributed by atoms with Crippen molar-refractivity contribution >= 4 is 45.1 Å². The Balaban J connectivity index is 1.41. The number of fused-ring (bicyclic) bond motifs is 1. The van der Waals surface area contributed by atoms with Gasteiger partial charge in [0.15, 0.2) is 0 Å². The second-order valence-electron chi connectivity index (χ2n) is 8.58. The summed E-state index contributed by atoms with van der Waals surface area (Å²) in [6, 6.07) is 6.17. The zero-order chi connectivity index (χ0) is 26.4. The van der Waals surface area contributed by atoms with Gasteiger partial charge in [0.05, 0.1) is 16.8 Å². The lowest BCUT2D eigenvalue weighted by Gasteiger charge is -2.16. The number of hydrogen-bond acceptors (Lipinski definition) is 6. The van der Waals surface area contributed by atoms with Crippen molar-refractivity contribution < 1.29 is 23.9 Å². The molecule has 12 heteroatoms. The Morgan fingerprint density at radius 1 is 1.22 bits per heavy atom. The van der Waals surface area contributed by atoms with E-state index >= 15 is 0 Å². The zero-order valence-corrected chi connectivity index (χ0v) is 20.7. The topological polar surface area (TPSA) is 134 Å². The van der Waals surface area contributed by atoms with Crippen molar-refractivity contribution in [2.75, 3.05) is 18.4 Å². The van der Waals surface area contributed by atoms with E-state index in [2.05, 4.69) is 15.6 Å². The van der Waals surface area contributed by atoms with Gasteiger partial charge in [-0.05, 0) is 56.0 Å². The lowest BCUT2D eigenvalue weighted by Crippen LogP contribution is -2.44. The smallest absolute Gasteiger partial charge is 0.405 e. The number of pyridine rings is 1. The molecule has 3 amide bonds. The number of hydrogen-bond donors (Lipinski definition) is 3. The van der Waals surface area contributed by atoms with Crippen molar-refractivity contribution in [1.82, 2.24) is 19.8 Å². The molecule has 0 aliphatic carbocycles. The van der Waals surface area contributed by atoms with Crippen LogP contribution in [0.25, 0.3) is 10.2 Å². The Kier molecular flexibility index (Phi) is 8.29. The van der Waals surface area contributed by atoms with Crippen molar-refractivity contribution in [1.29, 1.82) is 0 Å². The average Bonchev–Trinajstić information content (AvgIpc) is 3.53. The van der Waals surface area contributed by atoms with Gasteiger partial charge < -0.3 is 25.2 Å². The summed E-state index contributed by atoms with van der Waals surface area (Å²) in [5.74, 6) is -1.19. The maximum absolute atomic E-state index is 13.5. The van der Waals surface area contributed by atoms with E-state index in [0.29, 0.717) is 10.5 Å². The second kappa shape index (κ2) is 11.8. The van der Waals surface area contributed by atoms with Crippen LogP contribution in [0.15, 0.2) is 53.5 Å². The van der Waals surface area contributed by atoms with Crippen LogP contribution < -0.4 is 16.2 Å². The van der Waals surface area contributed by atoms with E-state index in [9.17, 15) is 23.6 Å². The number of thiazole rings is 1. The second-order valence-corrected chi connectivity index (χ2v) is 9.69. The first-order chi connectivity index (χ1) is 17.8. The molecule has 1 aliphatic heterocycles. The van der Waals surface area contributed by atoms with Crippen LogP contribution in [-0.2, 0) is 16.1 Å². The van der Waals surface area contributed by atoms with E-state index in [1.807, 2.05) is 0 Å². The highest BCUT2D eigenvalue weighted by Gasteiger charge is 2.22. The van der Waals surface area contributed by atoms with Crippen molar-refractivity contribution in [3.63, 3.8) is 0 Å². The maximum Gasteiger partial charge on any atom is 0.405 e. The molecule has 1 saturated heterocycles. The number of aromatic nitrogens is 2. The molecule has 10 nitrogen and oxygen atoms in total. The van der Waals surface area contributed by atoms with Gasteiger partial charge in [-0.1, -0.05) is 6.08 Å². The molecule has 194 valence electrons. The number of nitrogens with one attached hydrogen (secondary N) is 2. The first kappa shape index (κ1) is 26.0. The van der Waals surface area contributed by atoms with Crippen molar-refractivity contribution in [2.24, 2.45) is 0 Å². The van der Waals surface area contributed by atoms with E-state index in [1.54, 1.807) is 29.3 Å². The highest BCUT2D eigenvalue weighted by molar-refractivity contribution is 7.18. The fourth-order valence-electron chi connectivity index (χ4n) is 4.05. The minimum absolute atomic E-state index is 0.0170. The van der Waals surface area contributed by atoms with Crippen LogP contribution in [0.3, 0.4) is 0 Å². The van der Waals surface area contributed by atoms with Crippen molar-refractivity contribution in [3.05, 3.63) is 69.9 Å². The first-order valence-corrected chi connectivity index (χ1v) is 12.6. The molecule has 3 N–H and O–H groups in total. The highest BCUT2D eigenvalue weighted by Crippen LogP contribution is 2.23. The van der Waals surface area contributed by atoms with Gasteiger partial charge in [0.25, 0.3) is 5.56 Å². The normalized spacial score (nSPS) is 14.2. The molecule has 0 bridgehead atoms. The summed E-state index contributed by atoms with van der Waals surface area (Å²) >= 11 is 1.33. The molecule has 0 radical (unpaired) electrons. The zero-order valence-electron chi connectivity index (χ0n) is 19.9. The van der Waals surface area contributed by atoms with Crippen LogP contribution in [0.4, 0.5) is 14.9 Å². The van der Waals surface area contributed by atoms with Gasteiger partial charge in [-0.15, -0.1) is 11.3 Å². The molecule has 37 heavy (non-hydrogen) atoms. The number of amides is 3. The Labute approximate surface area is 215 Å². The number of rotatable bonds is 9. The van der Waals surface area contributed by atoms with Gasteiger partial charge >= 0.3 is 6.09 Å². The van der Waals surface area contributed by atoms with Gasteiger partial charge in [0.1, 0.15) is 22.6 Å². The van der Waals surface area contributed by atoms with E-state index in [1.165, 1.54) is 40.2 Å². The van der Waals surface area contributed by atoms with Crippen LogP contribution in [0, 0.1) is 5.82 Å². The minimum atomic E-state index is -1.38. The van der Waals surface area contributed by atoms with E-state index in [-0.39, 0.29) is 31.0 Å². The minimum Gasteiger partial charge on any atom is -0.465 e. The fourth-order valence-corrected chi connectivity index (χ4v) is 4.99. The van der Waals surface area contributed by atoms with E-state index in [0.717, 1.165) is 30.6 Å². The van der Waals surface area contributed by atoms with Gasteiger partial charge in [0, 0.05) is 25.4 Å². The van der Waals surface area contributed by atoms with E-state index < -0.39 is 29.4 Å². The quantitative estimate of drug-likeness (QED) is 0.366. The molecular weight excluding hydrogens is 501 g/mol. The Morgan fingerprint density at radius 2 is 2.00 bits per heavy atom. The fraction of sp³-hybridized carbons (Fsp3) is 0.320. The number of allylic oxidation sites excluding steroid dienone is 1. The van der Waals surface area contributed by atoms with Crippen molar-refractivity contribution in [2.45, 2.75) is 38.3 Å². The number of likely N-dealkylation sites (tertiary alicyclic amines) is 1. The Morgan fingerprint density at radius 3 is 2.76 bits per heavy atom. The van der Waals surface area contributed by atoms with Gasteiger partial charge in [-0.2, -0.15) is 0 Å². The molecular formula is C25H26FN5O5S. The number of carboxylic acid groups (broad SMARTS) is 1.